The third kappa shape index (κ3) is 11.0. The lowest BCUT2D eigenvalue weighted by atomic mass is 10.1. The van der Waals surface area contributed by atoms with Gasteiger partial charge in [-0.05, 0) is 18.9 Å². The molecule has 202 valence electrons. The number of rotatable bonds is 16. The molecule has 0 aliphatic carbocycles. The van der Waals surface area contributed by atoms with E-state index in [0.717, 1.165) is 76.3 Å². The highest BCUT2D eigenvalue weighted by atomic mass is 16.5. The minimum atomic E-state index is 0.0458. The monoisotopic (exact) mass is 500 g/mol. The smallest absolute Gasteiger partial charge is 0.317 e. The fourth-order valence-corrected chi connectivity index (χ4v) is 4.39. The minimum Gasteiger partial charge on any atom is -0.496 e. The number of carbonyl (C=O) groups is 2. The second-order valence-corrected chi connectivity index (χ2v) is 9.56. The molecule has 0 bridgehead atoms. The van der Waals surface area contributed by atoms with Crippen LogP contribution in [-0.2, 0) is 4.79 Å². The second kappa shape index (κ2) is 17.8. The predicted molar refractivity (Wildman–Crippen MR) is 148 cm³/mol. The number of para-hydroxylation sites is 1. The van der Waals surface area contributed by atoms with Crippen molar-refractivity contribution in [2.45, 2.75) is 65.2 Å². The average Bonchev–Trinajstić information content (AvgIpc) is 2.91. The van der Waals surface area contributed by atoms with Crippen LogP contribution in [0.3, 0.4) is 0 Å². The molecular weight excluding hydrogens is 452 g/mol. The molecule has 0 unspecified atom stereocenters. The van der Waals surface area contributed by atoms with Gasteiger partial charge in [-0.1, -0.05) is 76.3 Å². The van der Waals surface area contributed by atoms with Crippen LogP contribution in [-0.4, -0.2) is 86.1 Å². The number of ether oxygens (including phenoxy) is 1. The Hall–Kier alpha value is -2.54. The van der Waals surface area contributed by atoms with E-state index >= 15 is 0 Å². The summed E-state index contributed by atoms with van der Waals surface area (Å²) in [6, 6.07) is 7.96. The van der Waals surface area contributed by atoms with Gasteiger partial charge in [0.25, 0.3) is 0 Å². The van der Waals surface area contributed by atoms with Crippen LogP contribution in [0.1, 0.15) is 70.8 Å². The molecule has 7 nitrogen and oxygen atoms in total. The molecule has 0 aromatic heterocycles. The van der Waals surface area contributed by atoms with Crippen molar-refractivity contribution in [3.05, 3.63) is 35.9 Å². The van der Waals surface area contributed by atoms with Gasteiger partial charge in [-0.2, -0.15) is 0 Å². The topological polar surface area (TPSA) is 65.1 Å². The van der Waals surface area contributed by atoms with Gasteiger partial charge in [0.15, 0.2) is 0 Å². The zero-order valence-corrected chi connectivity index (χ0v) is 22.8. The molecule has 1 fully saturated rings. The third-order valence-corrected chi connectivity index (χ3v) is 6.76. The molecule has 1 saturated heterocycles. The van der Waals surface area contributed by atoms with Crippen LogP contribution < -0.4 is 10.1 Å². The highest BCUT2D eigenvalue weighted by Gasteiger charge is 2.21. The highest BCUT2D eigenvalue weighted by Crippen LogP contribution is 2.18. The number of nitrogens with one attached hydrogen (secondary N) is 1. The van der Waals surface area contributed by atoms with Crippen LogP contribution in [0.4, 0.5) is 4.79 Å². The molecule has 0 atom stereocenters. The molecule has 1 heterocycles. The van der Waals surface area contributed by atoms with Crippen molar-refractivity contribution in [3.63, 3.8) is 0 Å². The zero-order chi connectivity index (χ0) is 26.0. The van der Waals surface area contributed by atoms with Crippen LogP contribution in [0.2, 0.25) is 0 Å². The van der Waals surface area contributed by atoms with Crippen LogP contribution >= 0.6 is 0 Å². The van der Waals surface area contributed by atoms with Crippen LogP contribution in [0.15, 0.2) is 30.3 Å². The summed E-state index contributed by atoms with van der Waals surface area (Å²) in [5.41, 5.74) is 1.01. The summed E-state index contributed by atoms with van der Waals surface area (Å²) in [5.74, 6) is 1.06. The maximum absolute atomic E-state index is 13.1. The number of hydrogen-bond donors (Lipinski definition) is 1. The number of amides is 3. The maximum atomic E-state index is 13.1. The fraction of sp³-hybridized carbons (Fsp3) is 0.655. The van der Waals surface area contributed by atoms with E-state index in [1.54, 1.807) is 7.11 Å². The Balaban J connectivity index is 1.86. The molecule has 0 spiro atoms. The number of hydrogen-bond acceptors (Lipinski definition) is 4. The first kappa shape index (κ1) is 29.7. The summed E-state index contributed by atoms with van der Waals surface area (Å²) in [5, 5.41) is 3.01. The molecule has 1 aliphatic rings. The van der Waals surface area contributed by atoms with E-state index in [1.807, 2.05) is 40.1 Å². The Morgan fingerprint density at radius 2 is 1.72 bits per heavy atom. The number of unbranched alkanes of at least 4 members (excludes halogenated alkanes) is 5. The summed E-state index contributed by atoms with van der Waals surface area (Å²) < 4.78 is 5.44. The zero-order valence-electron chi connectivity index (χ0n) is 22.8. The van der Waals surface area contributed by atoms with Crippen molar-refractivity contribution in [2.24, 2.45) is 0 Å². The quantitative estimate of drug-likeness (QED) is 0.324. The Kier molecular flexibility index (Phi) is 14.7. The predicted octanol–water partition coefficient (Wildman–Crippen LogP) is 5.02. The Morgan fingerprint density at radius 3 is 2.44 bits per heavy atom. The number of carbonyl (C=O) groups excluding carboxylic acids is 2. The van der Waals surface area contributed by atoms with Gasteiger partial charge in [0.1, 0.15) is 5.75 Å². The Labute approximate surface area is 218 Å². The summed E-state index contributed by atoms with van der Waals surface area (Å²) in [6.45, 7) is 10.4. The molecule has 0 radical (unpaired) electrons. The molecule has 1 aromatic carbocycles. The van der Waals surface area contributed by atoms with Crippen molar-refractivity contribution >= 4 is 18.0 Å². The number of urea groups is 1. The number of methoxy groups -OCH3 is 1. The van der Waals surface area contributed by atoms with E-state index in [-0.39, 0.29) is 11.9 Å². The molecule has 0 saturated carbocycles. The van der Waals surface area contributed by atoms with E-state index in [9.17, 15) is 9.59 Å². The van der Waals surface area contributed by atoms with E-state index in [1.165, 1.54) is 19.3 Å². The first-order valence-electron chi connectivity index (χ1n) is 13.9. The number of nitrogens with zero attached hydrogens (tertiary/aromatic N) is 3. The van der Waals surface area contributed by atoms with Crippen molar-refractivity contribution in [3.8, 4) is 5.75 Å². The van der Waals surface area contributed by atoms with Gasteiger partial charge < -0.3 is 19.9 Å². The average molecular weight is 501 g/mol. The van der Waals surface area contributed by atoms with E-state index in [0.29, 0.717) is 19.5 Å². The number of benzene rings is 1. The summed E-state index contributed by atoms with van der Waals surface area (Å²) in [6.07, 6.45) is 12.5. The second-order valence-electron chi connectivity index (χ2n) is 9.56. The van der Waals surface area contributed by atoms with Crippen molar-refractivity contribution in [1.82, 2.24) is 20.0 Å². The molecule has 3 amide bonds. The molecule has 1 N–H and O–H groups in total. The van der Waals surface area contributed by atoms with Gasteiger partial charge in [-0.25, -0.2) is 4.79 Å². The SMILES string of the molecule is CCCCCCCC(=O)N(C/C=C/c1ccccc1OC)CCN1CCN(C(=O)NCCCC)CC1. The van der Waals surface area contributed by atoms with E-state index < -0.39 is 0 Å². The van der Waals surface area contributed by atoms with Gasteiger partial charge >= 0.3 is 6.03 Å². The molecule has 7 heteroatoms. The third-order valence-electron chi connectivity index (χ3n) is 6.76. The van der Waals surface area contributed by atoms with Crippen molar-refractivity contribution < 1.29 is 14.3 Å². The van der Waals surface area contributed by atoms with Gasteiger partial charge in [-0.15, -0.1) is 0 Å². The van der Waals surface area contributed by atoms with E-state index in [2.05, 4.69) is 30.1 Å². The fourth-order valence-electron chi connectivity index (χ4n) is 4.39. The first-order chi connectivity index (χ1) is 17.6. The molecule has 36 heavy (non-hydrogen) atoms. The van der Waals surface area contributed by atoms with Gasteiger partial charge in [0.2, 0.25) is 5.91 Å². The lowest BCUT2D eigenvalue weighted by molar-refractivity contribution is -0.131. The Bertz CT molecular complexity index is 790. The normalized spacial score (nSPS) is 14.2. The lowest BCUT2D eigenvalue weighted by Crippen LogP contribution is -2.53. The first-order valence-corrected chi connectivity index (χ1v) is 13.9. The van der Waals surface area contributed by atoms with Crippen LogP contribution in [0, 0.1) is 0 Å². The summed E-state index contributed by atoms with van der Waals surface area (Å²) >= 11 is 0. The molecular formula is C29H48N4O3. The largest absolute Gasteiger partial charge is 0.496 e. The minimum absolute atomic E-state index is 0.0458. The van der Waals surface area contributed by atoms with Crippen molar-refractivity contribution in [2.75, 3.05) is 59.5 Å². The summed E-state index contributed by atoms with van der Waals surface area (Å²) in [7, 11) is 1.68. The summed E-state index contributed by atoms with van der Waals surface area (Å²) in [4.78, 5) is 31.6. The Morgan fingerprint density at radius 1 is 1.00 bits per heavy atom. The van der Waals surface area contributed by atoms with Gasteiger partial charge in [-0.3, -0.25) is 9.69 Å². The van der Waals surface area contributed by atoms with Crippen molar-refractivity contribution in [1.29, 1.82) is 0 Å². The van der Waals surface area contributed by atoms with E-state index in [4.69, 9.17) is 4.74 Å². The molecule has 1 aromatic rings. The van der Waals surface area contributed by atoms with Gasteiger partial charge in [0, 0.05) is 64.3 Å². The lowest BCUT2D eigenvalue weighted by Gasteiger charge is -2.35. The molecule has 1 aliphatic heterocycles. The van der Waals surface area contributed by atoms with Crippen LogP contribution in [0.25, 0.3) is 6.08 Å². The maximum Gasteiger partial charge on any atom is 0.317 e. The van der Waals surface area contributed by atoms with Gasteiger partial charge in [0.05, 0.1) is 7.11 Å². The molecule has 2 rings (SSSR count). The van der Waals surface area contributed by atoms with Crippen LogP contribution in [0.5, 0.6) is 5.75 Å². The standard InChI is InChI=1S/C29H48N4O3/c1-4-6-8-9-10-17-28(34)32(19-13-15-26-14-11-12-16-27(26)36-3)23-20-31-21-24-33(25-22-31)29(35)30-18-7-5-2/h11-16H,4-10,17-25H2,1-3H3,(H,30,35)/b15-13+. The highest BCUT2D eigenvalue weighted by molar-refractivity contribution is 5.76. The number of piperazine rings is 1.